The summed E-state index contributed by atoms with van der Waals surface area (Å²) in [5, 5.41) is 20.7. The van der Waals surface area contributed by atoms with Crippen LogP contribution in [0.5, 0.6) is 0 Å². The van der Waals surface area contributed by atoms with E-state index in [1.807, 2.05) is 0 Å². The second-order valence-corrected chi connectivity index (χ2v) is 4.59. The van der Waals surface area contributed by atoms with E-state index in [9.17, 15) is 14.7 Å². The van der Waals surface area contributed by atoms with Crippen LogP contribution in [0.1, 0.15) is 12.0 Å². The summed E-state index contributed by atoms with van der Waals surface area (Å²) in [6.45, 7) is 0.896. The predicted octanol–water partition coefficient (Wildman–Crippen LogP) is 0.912. The zero-order chi connectivity index (χ0) is 13.8. The number of β-amino-alcohol motifs (C(OH)–C–C–N with tert-alkyl or cyclic N) is 1. The number of urea groups is 1. The van der Waals surface area contributed by atoms with Crippen LogP contribution in [0.3, 0.4) is 0 Å². The van der Waals surface area contributed by atoms with Gasteiger partial charge < -0.3 is 20.4 Å². The normalized spacial score (nSPS) is 18.4. The highest BCUT2D eigenvalue weighted by molar-refractivity contribution is 5.89. The van der Waals surface area contributed by atoms with Crippen molar-refractivity contribution in [1.82, 2.24) is 4.90 Å². The highest BCUT2D eigenvalue weighted by atomic mass is 16.4. The highest BCUT2D eigenvalue weighted by Gasteiger charge is 2.24. The van der Waals surface area contributed by atoms with Crippen LogP contribution in [0.15, 0.2) is 24.3 Å². The molecule has 1 aromatic carbocycles. The van der Waals surface area contributed by atoms with Gasteiger partial charge in [-0.25, -0.2) is 4.79 Å². The first-order chi connectivity index (χ1) is 9.04. The van der Waals surface area contributed by atoms with Crippen LogP contribution in [0, 0.1) is 0 Å². The first-order valence-corrected chi connectivity index (χ1v) is 6.09. The smallest absolute Gasteiger partial charge is 0.321 e. The van der Waals surface area contributed by atoms with Crippen LogP contribution in [0.2, 0.25) is 0 Å². The van der Waals surface area contributed by atoms with Gasteiger partial charge in [-0.1, -0.05) is 12.1 Å². The van der Waals surface area contributed by atoms with E-state index in [1.54, 1.807) is 29.2 Å². The molecular formula is C13H16N2O4. The lowest BCUT2D eigenvalue weighted by atomic mass is 10.1. The van der Waals surface area contributed by atoms with E-state index < -0.39 is 12.1 Å². The number of aliphatic carboxylic acids is 1. The number of carbonyl (C=O) groups is 2. The maximum absolute atomic E-state index is 11.8. The third-order valence-electron chi connectivity index (χ3n) is 3.01. The van der Waals surface area contributed by atoms with Gasteiger partial charge >= 0.3 is 12.0 Å². The molecule has 0 spiro atoms. The van der Waals surface area contributed by atoms with Gasteiger partial charge in [0.15, 0.2) is 0 Å². The van der Waals surface area contributed by atoms with Gasteiger partial charge in [-0.05, 0) is 24.1 Å². The van der Waals surface area contributed by atoms with Gasteiger partial charge in [0.25, 0.3) is 0 Å². The molecule has 6 nitrogen and oxygen atoms in total. The monoisotopic (exact) mass is 264 g/mol. The molecule has 1 aromatic rings. The van der Waals surface area contributed by atoms with Gasteiger partial charge in [-0.15, -0.1) is 0 Å². The molecule has 6 heteroatoms. The van der Waals surface area contributed by atoms with Gasteiger partial charge in [0, 0.05) is 18.8 Å². The van der Waals surface area contributed by atoms with E-state index in [0.717, 1.165) is 0 Å². The number of hydrogen-bond acceptors (Lipinski definition) is 3. The molecule has 1 aliphatic rings. The molecule has 1 atom stereocenters. The third kappa shape index (κ3) is 3.69. The molecule has 2 amide bonds. The number of amides is 2. The Morgan fingerprint density at radius 3 is 2.53 bits per heavy atom. The molecule has 0 radical (unpaired) electrons. The van der Waals surface area contributed by atoms with Gasteiger partial charge in [-0.2, -0.15) is 0 Å². The molecule has 1 fully saturated rings. The lowest BCUT2D eigenvalue weighted by molar-refractivity contribution is -0.136. The zero-order valence-corrected chi connectivity index (χ0v) is 10.4. The number of carboxylic acids is 1. The fraction of sp³-hybridized carbons (Fsp3) is 0.385. The van der Waals surface area contributed by atoms with E-state index >= 15 is 0 Å². The van der Waals surface area contributed by atoms with Crippen molar-refractivity contribution in [2.24, 2.45) is 0 Å². The Morgan fingerprint density at radius 2 is 2.00 bits per heavy atom. The van der Waals surface area contributed by atoms with E-state index in [4.69, 9.17) is 5.11 Å². The summed E-state index contributed by atoms with van der Waals surface area (Å²) in [5.74, 6) is -0.886. The van der Waals surface area contributed by atoms with Crippen molar-refractivity contribution in [3.05, 3.63) is 29.8 Å². The van der Waals surface area contributed by atoms with Gasteiger partial charge in [0.2, 0.25) is 0 Å². The number of nitrogens with one attached hydrogen (secondary N) is 1. The molecule has 1 unspecified atom stereocenters. The van der Waals surface area contributed by atoms with E-state index in [0.29, 0.717) is 30.8 Å². The van der Waals surface area contributed by atoms with Crippen LogP contribution >= 0.6 is 0 Å². The first-order valence-electron chi connectivity index (χ1n) is 6.09. The van der Waals surface area contributed by atoms with Crippen LogP contribution in [0.4, 0.5) is 10.5 Å². The second-order valence-electron chi connectivity index (χ2n) is 4.59. The molecule has 19 heavy (non-hydrogen) atoms. The SMILES string of the molecule is O=C(O)Cc1ccc(NC(=O)N2CCC(O)C2)cc1. The molecule has 3 N–H and O–H groups in total. The standard InChI is InChI=1S/C13H16N2O4/c16-11-5-6-15(8-11)13(19)14-10-3-1-9(2-4-10)7-12(17)18/h1-4,11,16H,5-8H2,(H,14,19)(H,17,18). The Hall–Kier alpha value is -2.08. The number of aliphatic hydroxyl groups excluding tert-OH is 1. The molecule has 1 aliphatic heterocycles. The average molecular weight is 264 g/mol. The van der Waals surface area contributed by atoms with E-state index in [2.05, 4.69) is 5.32 Å². The van der Waals surface area contributed by atoms with Crippen LogP contribution < -0.4 is 5.32 Å². The van der Waals surface area contributed by atoms with Crippen LogP contribution in [-0.2, 0) is 11.2 Å². The summed E-state index contributed by atoms with van der Waals surface area (Å²) in [6.07, 6.45) is 0.126. The highest BCUT2D eigenvalue weighted by Crippen LogP contribution is 2.14. The van der Waals surface area contributed by atoms with Crippen molar-refractivity contribution in [2.45, 2.75) is 18.9 Å². The fourth-order valence-electron chi connectivity index (χ4n) is 2.01. The van der Waals surface area contributed by atoms with Gasteiger partial charge in [-0.3, -0.25) is 4.79 Å². The third-order valence-corrected chi connectivity index (χ3v) is 3.01. The molecule has 0 bridgehead atoms. The molecular weight excluding hydrogens is 248 g/mol. The minimum atomic E-state index is -0.886. The van der Waals surface area contributed by atoms with Crippen molar-refractivity contribution >= 4 is 17.7 Å². The summed E-state index contributed by atoms with van der Waals surface area (Å²) in [5.41, 5.74) is 1.29. The van der Waals surface area contributed by atoms with Gasteiger partial charge in [0.1, 0.15) is 0 Å². The predicted molar refractivity (Wildman–Crippen MR) is 69.0 cm³/mol. The number of likely N-dealkylation sites (tertiary alicyclic amines) is 1. The molecule has 0 aliphatic carbocycles. The molecule has 0 aromatic heterocycles. The molecule has 102 valence electrons. The van der Waals surface area contributed by atoms with Crippen molar-refractivity contribution < 1.29 is 19.8 Å². The molecule has 1 saturated heterocycles. The Labute approximate surface area is 110 Å². The number of carboxylic acid groups (broad SMARTS) is 1. The van der Waals surface area contributed by atoms with Crippen molar-refractivity contribution in [2.75, 3.05) is 18.4 Å². The largest absolute Gasteiger partial charge is 0.481 e. The maximum atomic E-state index is 11.8. The number of rotatable bonds is 3. The fourth-order valence-corrected chi connectivity index (χ4v) is 2.01. The number of hydrogen-bond donors (Lipinski definition) is 3. The lowest BCUT2D eigenvalue weighted by Gasteiger charge is -2.16. The minimum Gasteiger partial charge on any atom is -0.481 e. The Balaban J connectivity index is 1.92. The number of anilines is 1. The number of nitrogens with zero attached hydrogens (tertiary/aromatic N) is 1. The second kappa shape index (κ2) is 5.71. The topological polar surface area (TPSA) is 89.9 Å². The number of aliphatic hydroxyl groups is 1. The average Bonchev–Trinajstić information content (AvgIpc) is 2.78. The minimum absolute atomic E-state index is 0.0352. The van der Waals surface area contributed by atoms with E-state index in [-0.39, 0.29) is 12.5 Å². The Bertz CT molecular complexity index is 472. The number of benzene rings is 1. The van der Waals surface area contributed by atoms with Crippen LogP contribution in [-0.4, -0.2) is 46.3 Å². The lowest BCUT2D eigenvalue weighted by Crippen LogP contribution is -2.33. The van der Waals surface area contributed by atoms with Crippen molar-refractivity contribution in [3.63, 3.8) is 0 Å². The zero-order valence-electron chi connectivity index (χ0n) is 10.4. The van der Waals surface area contributed by atoms with Gasteiger partial charge in [0.05, 0.1) is 12.5 Å². The maximum Gasteiger partial charge on any atom is 0.321 e. The molecule has 0 saturated carbocycles. The van der Waals surface area contributed by atoms with Crippen molar-refractivity contribution in [1.29, 1.82) is 0 Å². The van der Waals surface area contributed by atoms with Crippen LogP contribution in [0.25, 0.3) is 0 Å². The van der Waals surface area contributed by atoms with Crippen molar-refractivity contribution in [3.8, 4) is 0 Å². The molecule has 2 rings (SSSR count). The Morgan fingerprint density at radius 1 is 1.32 bits per heavy atom. The summed E-state index contributed by atoms with van der Waals surface area (Å²) in [4.78, 5) is 23.9. The first kappa shape index (κ1) is 13.4. The summed E-state index contributed by atoms with van der Waals surface area (Å²) >= 11 is 0. The summed E-state index contributed by atoms with van der Waals surface area (Å²) < 4.78 is 0. The summed E-state index contributed by atoms with van der Waals surface area (Å²) in [7, 11) is 0. The summed E-state index contributed by atoms with van der Waals surface area (Å²) in [6, 6.07) is 6.43. The quantitative estimate of drug-likeness (QED) is 0.757. The van der Waals surface area contributed by atoms with E-state index in [1.165, 1.54) is 0 Å². The Kier molecular flexibility index (Phi) is 4.01. The number of carbonyl (C=O) groups excluding carboxylic acids is 1. The molecule has 1 heterocycles.